The van der Waals surface area contributed by atoms with Crippen LogP contribution in [0.5, 0.6) is 11.5 Å². The molecule has 0 bridgehead atoms. The molecule has 0 aliphatic rings. The molecule has 0 spiro atoms. The molecule has 2 aromatic carbocycles. The van der Waals surface area contributed by atoms with E-state index in [1.165, 1.54) is 23.5 Å². The number of nitrogens with zero attached hydrogens (tertiary/aromatic N) is 3. The van der Waals surface area contributed by atoms with Crippen molar-refractivity contribution in [3.05, 3.63) is 90.1 Å². The van der Waals surface area contributed by atoms with E-state index in [1.54, 1.807) is 24.5 Å². The summed E-state index contributed by atoms with van der Waals surface area (Å²) in [7, 11) is 0. The fourth-order valence-corrected chi connectivity index (χ4v) is 5.21. The maximum absolute atomic E-state index is 15.0. The Kier molecular flexibility index (Phi) is 7.43. The average Bonchev–Trinajstić information content (AvgIpc) is 3.54. The zero-order chi connectivity index (χ0) is 26.6. The first-order valence-electron chi connectivity index (χ1n) is 11.9. The third-order valence-corrected chi connectivity index (χ3v) is 7.14. The lowest BCUT2D eigenvalue weighted by molar-refractivity contribution is -0.119. The summed E-state index contributed by atoms with van der Waals surface area (Å²) in [5.74, 6) is 0.573. The largest absolute Gasteiger partial charge is 0.453 e. The smallest absolute Gasteiger partial charge is 0.230 e. The third kappa shape index (κ3) is 5.71. The molecule has 192 valence electrons. The molecule has 0 unspecified atom stereocenters. The molecule has 5 rings (SSSR count). The topological polar surface area (TPSA) is 81.1 Å². The second-order valence-electron chi connectivity index (χ2n) is 8.58. The lowest BCUT2D eigenvalue weighted by Crippen LogP contribution is -2.35. The van der Waals surface area contributed by atoms with Crippen LogP contribution in [0.25, 0.3) is 20.9 Å². The minimum Gasteiger partial charge on any atom is -0.453 e. The Labute approximate surface area is 228 Å². The fraction of sp³-hybridized carbons (Fsp3) is 0.143. The van der Waals surface area contributed by atoms with E-state index in [1.807, 2.05) is 48.0 Å². The van der Waals surface area contributed by atoms with Crippen LogP contribution in [0.15, 0.2) is 73.2 Å². The Hall–Kier alpha value is -4.15. The van der Waals surface area contributed by atoms with Crippen LogP contribution in [0, 0.1) is 12.7 Å². The van der Waals surface area contributed by atoms with Crippen LogP contribution in [0.4, 0.5) is 10.1 Å². The highest BCUT2D eigenvalue weighted by atomic mass is 32.1. The summed E-state index contributed by atoms with van der Waals surface area (Å²) >= 11 is 6.72. The highest BCUT2D eigenvalue weighted by molar-refractivity contribution is 7.80. The van der Waals surface area contributed by atoms with Gasteiger partial charge in [-0.3, -0.25) is 9.78 Å². The summed E-state index contributed by atoms with van der Waals surface area (Å²) in [5, 5.41) is 5.55. The molecule has 0 aliphatic carbocycles. The Bertz CT molecular complexity index is 1630. The van der Waals surface area contributed by atoms with Gasteiger partial charge in [0.1, 0.15) is 11.6 Å². The Balaban J connectivity index is 1.26. The molecule has 10 heteroatoms. The van der Waals surface area contributed by atoms with Gasteiger partial charge in [-0.2, -0.15) is 0 Å². The number of aryl methyl sites for hydroxylation is 2. The highest BCUT2D eigenvalue weighted by Gasteiger charge is 2.15. The highest BCUT2D eigenvalue weighted by Crippen LogP contribution is 2.39. The molecule has 0 fully saturated rings. The number of rotatable bonds is 7. The average molecular weight is 546 g/mol. The number of hydrogen-bond donors (Lipinski definition) is 2. The number of hydrogen-bond acceptors (Lipinski definition) is 6. The van der Waals surface area contributed by atoms with E-state index in [-0.39, 0.29) is 23.2 Å². The molecule has 0 radical (unpaired) electrons. The molecule has 7 nitrogen and oxygen atoms in total. The van der Waals surface area contributed by atoms with Crippen molar-refractivity contribution in [1.82, 2.24) is 19.9 Å². The van der Waals surface area contributed by atoms with Gasteiger partial charge in [0.05, 0.1) is 21.5 Å². The number of thiocarbonyl (C=S) groups is 1. The number of aromatic nitrogens is 3. The van der Waals surface area contributed by atoms with Gasteiger partial charge in [-0.15, -0.1) is 11.3 Å². The number of carbonyl (C=O) groups is 1. The molecular formula is C28H24FN5O2S2. The van der Waals surface area contributed by atoms with Crippen molar-refractivity contribution in [2.75, 3.05) is 5.32 Å². The van der Waals surface area contributed by atoms with E-state index in [0.717, 1.165) is 38.6 Å². The maximum atomic E-state index is 15.0. The number of thiophene rings is 1. The number of ether oxygens (including phenoxy) is 1. The molecule has 2 N–H and O–H groups in total. The second kappa shape index (κ2) is 11.1. The van der Waals surface area contributed by atoms with Crippen molar-refractivity contribution in [3.63, 3.8) is 0 Å². The van der Waals surface area contributed by atoms with Crippen LogP contribution in [0.3, 0.4) is 0 Å². The zero-order valence-corrected chi connectivity index (χ0v) is 22.3. The SMILES string of the molecule is CCn1ccnc1-c1cc2nccc(Oc3ccc(NC(=S)NC(=O)Cc4ccc(C)cc4)cc3F)c2s1. The minimum absolute atomic E-state index is 0.0578. The van der Waals surface area contributed by atoms with Crippen molar-refractivity contribution in [1.29, 1.82) is 0 Å². The van der Waals surface area contributed by atoms with E-state index in [2.05, 4.69) is 27.5 Å². The first kappa shape index (κ1) is 25.5. The second-order valence-corrected chi connectivity index (χ2v) is 10.0. The number of carbonyl (C=O) groups excluding carboxylic acids is 1. The molecule has 38 heavy (non-hydrogen) atoms. The number of imidazole rings is 1. The zero-order valence-electron chi connectivity index (χ0n) is 20.7. The number of benzene rings is 2. The van der Waals surface area contributed by atoms with E-state index in [4.69, 9.17) is 17.0 Å². The molecule has 0 saturated heterocycles. The third-order valence-electron chi connectivity index (χ3n) is 5.80. The summed E-state index contributed by atoms with van der Waals surface area (Å²) in [6.07, 6.45) is 5.51. The van der Waals surface area contributed by atoms with Gasteiger partial charge in [0.15, 0.2) is 16.7 Å². The van der Waals surface area contributed by atoms with E-state index < -0.39 is 5.82 Å². The van der Waals surface area contributed by atoms with Crippen LogP contribution in [0.2, 0.25) is 0 Å². The number of fused-ring (bicyclic) bond motifs is 1. The van der Waals surface area contributed by atoms with Crippen LogP contribution >= 0.6 is 23.6 Å². The fourth-order valence-electron chi connectivity index (χ4n) is 3.90. The van der Waals surface area contributed by atoms with Crippen molar-refractivity contribution in [3.8, 4) is 22.2 Å². The normalized spacial score (nSPS) is 10.9. The van der Waals surface area contributed by atoms with E-state index in [0.29, 0.717) is 11.4 Å². The van der Waals surface area contributed by atoms with Gasteiger partial charge in [-0.25, -0.2) is 9.37 Å². The number of halogens is 1. The summed E-state index contributed by atoms with van der Waals surface area (Å²) in [6.45, 7) is 4.84. The van der Waals surface area contributed by atoms with Crippen molar-refractivity contribution in [2.45, 2.75) is 26.8 Å². The summed E-state index contributed by atoms with van der Waals surface area (Å²) in [6, 6.07) is 15.8. The Morgan fingerprint density at radius 2 is 1.89 bits per heavy atom. The maximum Gasteiger partial charge on any atom is 0.230 e. The Morgan fingerprint density at radius 3 is 2.66 bits per heavy atom. The molecular weight excluding hydrogens is 521 g/mol. The molecule has 0 aliphatic heterocycles. The lowest BCUT2D eigenvalue weighted by atomic mass is 10.1. The lowest BCUT2D eigenvalue weighted by Gasteiger charge is -2.12. The molecule has 0 atom stereocenters. The molecule has 3 aromatic heterocycles. The van der Waals surface area contributed by atoms with Crippen molar-refractivity contribution >= 4 is 50.5 Å². The Morgan fingerprint density at radius 1 is 1.08 bits per heavy atom. The van der Waals surface area contributed by atoms with E-state index >= 15 is 0 Å². The number of anilines is 1. The summed E-state index contributed by atoms with van der Waals surface area (Å²) in [4.78, 5) is 22.1. The summed E-state index contributed by atoms with van der Waals surface area (Å²) in [5.41, 5.74) is 3.13. The molecule has 5 aromatic rings. The van der Waals surface area contributed by atoms with Gasteiger partial charge >= 0.3 is 0 Å². The van der Waals surface area contributed by atoms with Gasteiger partial charge in [0.25, 0.3) is 0 Å². The van der Waals surface area contributed by atoms with Gasteiger partial charge in [0.2, 0.25) is 5.91 Å². The van der Waals surface area contributed by atoms with Gasteiger partial charge in [-0.05, 0) is 49.8 Å². The molecule has 1 amide bonds. The standard InChI is InChI=1S/C28H24FN5O2S2/c1-3-34-13-12-31-27(34)24-16-21-26(38-24)23(10-11-30-21)36-22-9-8-19(15-20(22)29)32-28(37)33-25(35)14-18-6-4-17(2)5-7-18/h4-13,15-16H,3,14H2,1-2H3,(H2,32,33,35,37). The number of amides is 1. The van der Waals surface area contributed by atoms with E-state index in [9.17, 15) is 9.18 Å². The first-order chi connectivity index (χ1) is 18.4. The van der Waals surface area contributed by atoms with Crippen LogP contribution in [-0.4, -0.2) is 25.6 Å². The quantitative estimate of drug-likeness (QED) is 0.228. The van der Waals surface area contributed by atoms with Crippen molar-refractivity contribution in [2.24, 2.45) is 0 Å². The van der Waals surface area contributed by atoms with Gasteiger partial charge in [-0.1, -0.05) is 29.8 Å². The number of pyridine rings is 1. The van der Waals surface area contributed by atoms with Gasteiger partial charge in [0, 0.05) is 43.0 Å². The van der Waals surface area contributed by atoms with Crippen LogP contribution in [0.1, 0.15) is 18.1 Å². The molecule has 3 heterocycles. The predicted octanol–water partition coefficient (Wildman–Crippen LogP) is 6.48. The van der Waals surface area contributed by atoms with Crippen LogP contribution in [-0.2, 0) is 17.8 Å². The van der Waals surface area contributed by atoms with Crippen LogP contribution < -0.4 is 15.4 Å². The van der Waals surface area contributed by atoms with Gasteiger partial charge < -0.3 is 19.9 Å². The molecule has 0 saturated carbocycles. The first-order valence-corrected chi connectivity index (χ1v) is 13.2. The minimum atomic E-state index is -0.577. The monoisotopic (exact) mass is 545 g/mol. The van der Waals surface area contributed by atoms with Crippen molar-refractivity contribution < 1.29 is 13.9 Å². The predicted molar refractivity (Wildman–Crippen MR) is 152 cm³/mol. The summed E-state index contributed by atoms with van der Waals surface area (Å²) < 4.78 is 23.8. The number of nitrogens with one attached hydrogen (secondary N) is 2.